The van der Waals surface area contributed by atoms with Crippen LogP contribution in [0.2, 0.25) is 0 Å². The molecule has 0 saturated heterocycles. The predicted octanol–water partition coefficient (Wildman–Crippen LogP) is 3.20. The maximum atomic E-state index is 4.47. The molecule has 2 heteroatoms. The van der Waals surface area contributed by atoms with Crippen LogP contribution >= 0.6 is 0 Å². The van der Waals surface area contributed by atoms with Crippen LogP contribution in [-0.4, -0.2) is 12.0 Å². The molecule has 94 valence electrons. The van der Waals surface area contributed by atoms with Gasteiger partial charge in [-0.1, -0.05) is 24.3 Å². The van der Waals surface area contributed by atoms with Crippen molar-refractivity contribution in [3.63, 3.8) is 0 Å². The molecule has 0 bridgehead atoms. The van der Waals surface area contributed by atoms with Crippen molar-refractivity contribution in [1.29, 1.82) is 0 Å². The maximum Gasteiger partial charge on any atom is 0.0579 e. The average Bonchev–Trinajstić information content (AvgIpc) is 2.38. The third-order valence-electron chi connectivity index (χ3n) is 3.33. The van der Waals surface area contributed by atoms with Crippen LogP contribution in [0.25, 0.3) is 0 Å². The number of nitrogens with one attached hydrogen (secondary N) is 1. The van der Waals surface area contributed by atoms with Gasteiger partial charge in [0.05, 0.1) is 11.7 Å². The number of aromatic nitrogens is 1. The van der Waals surface area contributed by atoms with E-state index in [9.17, 15) is 0 Å². The van der Waals surface area contributed by atoms with E-state index in [2.05, 4.69) is 54.5 Å². The van der Waals surface area contributed by atoms with Gasteiger partial charge in [-0.2, -0.15) is 0 Å². The molecule has 1 N–H and O–H groups in total. The summed E-state index contributed by atoms with van der Waals surface area (Å²) >= 11 is 0. The zero-order chi connectivity index (χ0) is 13.0. The van der Waals surface area contributed by atoms with Crippen LogP contribution in [-0.2, 0) is 6.42 Å². The molecule has 1 heterocycles. The Morgan fingerprint density at radius 1 is 1.17 bits per heavy atom. The Labute approximate surface area is 109 Å². The van der Waals surface area contributed by atoms with Crippen LogP contribution < -0.4 is 5.32 Å². The van der Waals surface area contributed by atoms with E-state index >= 15 is 0 Å². The normalized spacial score (nSPS) is 12.4. The molecule has 2 nitrogen and oxygen atoms in total. The van der Waals surface area contributed by atoms with Crippen LogP contribution in [0.5, 0.6) is 0 Å². The van der Waals surface area contributed by atoms with E-state index in [4.69, 9.17) is 0 Å². The lowest BCUT2D eigenvalue weighted by Gasteiger charge is -2.17. The summed E-state index contributed by atoms with van der Waals surface area (Å²) in [4.78, 5) is 4.47. The number of pyridine rings is 1. The van der Waals surface area contributed by atoms with E-state index in [0.717, 1.165) is 12.1 Å². The van der Waals surface area contributed by atoms with Gasteiger partial charge in [0.1, 0.15) is 0 Å². The number of likely N-dealkylation sites (N-methyl/N-ethyl adjacent to an activating group) is 1. The fourth-order valence-electron chi connectivity index (χ4n) is 2.16. The van der Waals surface area contributed by atoms with E-state index in [1.54, 1.807) is 0 Å². The van der Waals surface area contributed by atoms with E-state index in [1.807, 2.05) is 19.3 Å². The molecule has 1 unspecified atom stereocenters. The molecule has 0 fully saturated rings. The van der Waals surface area contributed by atoms with Crippen LogP contribution in [0.1, 0.15) is 28.4 Å². The average molecular weight is 240 g/mol. The van der Waals surface area contributed by atoms with Crippen molar-refractivity contribution in [2.45, 2.75) is 26.3 Å². The minimum Gasteiger partial charge on any atom is -0.311 e. The SMILES string of the molecule is CNC(Cc1ccccc1C)c1cc(C)ccn1. The minimum absolute atomic E-state index is 0.269. The lowest BCUT2D eigenvalue weighted by Crippen LogP contribution is -2.20. The molecule has 18 heavy (non-hydrogen) atoms. The summed E-state index contributed by atoms with van der Waals surface area (Å²) in [7, 11) is 1.99. The van der Waals surface area contributed by atoms with Crippen molar-refractivity contribution < 1.29 is 0 Å². The van der Waals surface area contributed by atoms with Crippen molar-refractivity contribution in [3.05, 3.63) is 65.0 Å². The number of aryl methyl sites for hydroxylation is 2. The first kappa shape index (κ1) is 12.8. The summed E-state index contributed by atoms with van der Waals surface area (Å²) in [6.07, 6.45) is 2.85. The van der Waals surface area contributed by atoms with Gasteiger partial charge in [0.15, 0.2) is 0 Å². The van der Waals surface area contributed by atoms with Crippen LogP contribution in [0.3, 0.4) is 0 Å². The van der Waals surface area contributed by atoms with Gasteiger partial charge in [0, 0.05) is 6.20 Å². The predicted molar refractivity (Wildman–Crippen MR) is 75.7 cm³/mol. The molecule has 1 aromatic heterocycles. The molecule has 1 atom stereocenters. The Hall–Kier alpha value is -1.67. The maximum absolute atomic E-state index is 4.47. The Kier molecular flexibility index (Phi) is 4.11. The standard InChI is InChI=1S/C16H20N2/c1-12-8-9-18-16(10-12)15(17-3)11-14-7-5-4-6-13(14)2/h4-10,15,17H,11H2,1-3H3. The van der Waals surface area contributed by atoms with Gasteiger partial charge in [-0.3, -0.25) is 4.98 Å². The van der Waals surface area contributed by atoms with Crippen molar-refractivity contribution >= 4 is 0 Å². The number of hydrogen-bond donors (Lipinski definition) is 1. The summed E-state index contributed by atoms with van der Waals surface area (Å²) in [5.74, 6) is 0. The molecule has 0 saturated carbocycles. The summed E-state index contributed by atoms with van der Waals surface area (Å²) < 4.78 is 0. The smallest absolute Gasteiger partial charge is 0.0579 e. The highest BCUT2D eigenvalue weighted by Gasteiger charge is 2.12. The van der Waals surface area contributed by atoms with E-state index in [0.29, 0.717) is 0 Å². The fraction of sp³-hybridized carbons (Fsp3) is 0.312. The third-order valence-corrected chi connectivity index (χ3v) is 3.33. The summed E-state index contributed by atoms with van der Waals surface area (Å²) in [5, 5.41) is 3.36. The molecule has 2 rings (SSSR count). The summed E-state index contributed by atoms with van der Waals surface area (Å²) in [6, 6.07) is 13.0. The van der Waals surface area contributed by atoms with Crippen molar-refractivity contribution in [2.24, 2.45) is 0 Å². The molecule has 0 aliphatic carbocycles. The van der Waals surface area contributed by atoms with Gasteiger partial charge >= 0.3 is 0 Å². The second kappa shape index (κ2) is 5.78. The Morgan fingerprint density at radius 3 is 2.61 bits per heavy atom. The van der Waals surface area contributed by atoms with E-state index < -0.39 is 0 Å². The molecular weight excluding hydrogens is 220 g/mol. The van der Waals surface area contributed by atoms with Crippen molar-refractivity contribution in [3.8, 4) is 0 Å². The van der Waals surface area contributed by atoms with Crippen LogP contribution in [0.15, 0.2) is 42.6 Å². The topological polar surface area (TPSA) is 24.9 Å². The number of rotatable bonds is 4. The highest BCUT2D eigenvalue weighted by atomic mass is 14.9. The lowest BCUT2D eigenvalue weighted by molar-refractivity contribution is 0.574. The zero-order valence-electron chi connectivity index (χ0n) is 11.3. The van der Waals surface area contributed by atoms with Crippen molar-refractivity contribution in [1.82, 2.24) is 10.3 Å². The molecular formula is C16H20N2. The minimum atomic E-state index is 0.269. The monoisotopic (exact) mass is 240 g/mol. The second-order valence-electron chi connectivity index (χ2n) is 4.73. The highest BCUT2D eigenvalue weighted by Crippen LogP contribution is 2.19. The van der Waals surface area contributed by atoms with Gasteiger partial charge in [-0.15, -0.1) is 0 Å². The molecule has 2 aromatic rings. The van der Waals surface area contributed by atoms with Gasteiger partial charge in [-0.25, -0.2) is 0 Å². The van der Waals surface area contributed by atoms with Gasteiger partial charge in [0.25, 0.3) is 0 Å². The first-order valence-corrected chi connectivity index (χ1v) is 6.35. The number of benzene rings is 1. The Bertz CT molecular complexity index is 520. The molecule has 1 aromatic carbocycles. The Morgan fingerprint density at radius 2 is 1.94 bits per heavy atom. The number of hydrogen-bond acceptors (Lipinski definition) is 2. The van der Waals surface area contributed by atoms with Gasteiger partial charge in [0.2, 0.25) is 0 Å². The lowest BCUT2D eigenvalue weighted by atomic mass is 9.98. The summed E-state index contributed by atoms with van der Waals surface area (Å²) in [6.45, 7) is 4.26. The molecule has 0 radical (unpaired) electrons. The van der Waals surface area contributed by atoms with Crippen LogP contribution in [0, 0.1) is 13.8 Å². The van der Waals surface area contributed by atoms with E-state index in [-0.39, 0.29) is 6.04 Å². The quantitative estimate of drug-likeness (QED) is 0.887. The second-order valence-corrected chi connectivity index (χ2v) is 4.73. The largest absolute Gasteiger partial charge is 0.311 e. The third kappa shape index (κ3) is 2.96. The summed E-state index contributed by atoms with van der Waals surface area (Å²) in [5.41, 5.74) is 5.08. The molecule has 0 aliphatic rings. The first-order valence-electron chi connectivity index (χ1n) is 6.35. The van der Waals surface area contributed by atoms with Crippen molar-refractivity contribution in [2.75, 3.05) is 7.05 Å². The molecule has 0 amide bonds. The Balaban J connectivity index is 2.23. The van der Waals surface area contributed by atoms with E-state index in [1.165, 1.54) is 16.7 Å². The number of nitrogens with zero attached hydrogens (tertiary/aromatic N) is 1. The molecule has 0 aliphatic heterocycles. The first-order chi connectivity index (χ1) is 8.70. The molecule has 0 spiro atoms. The highest BCUT2D eigenvalue weighted by molar-refractivity contribution is 5.28. The zero-order valence-corrected chi connectivity index (χ0v) is 11.3. The fourth-order valence-corrected chi connectivity index (χ4v) is 2.16. The van der Waals surface area contributed by atoms with Gasteiger partial charge in [-0.05, 0) is 56.1 Å². The van der Waals surface area contributed by atoms with Gasteiger partial charge < -0.3 is 5.32 Å². The van der Waals surface area contributed by atoms with Crippen LogP contribution in [0.4, 0.5) is 0 Å².